The molecule has 0 bridgehead atoms. The fourth-order valence-corrected chi connectivity index (χ4v) is 2.02. The molecule has 116 valence electrons. The maximum Gasteiger partial charge on any atom is 0.390 e. The first-order valence-electron chi connectivity index (χ1n) is 5.91. The molecule has 0 aliphatic heterocycles. The number of nitrogens with one attached hydrogen (secondary N) is 2. The van der Waals surface area contributed by atoms with E-state index >= 15 is 0 Å². The highest BCUT2D eigenvalue weighted by Gasteiger charge is 2.26. The maximum atomic E-state index is 12.0. The number of guanidine groups is 1. The Morgan fingerprint density at radius 1 is 1.40 bits per heavy atom. The van der Waals surface area contributed by atoms with Crippen molar-refractivity contribution in [3.8, 4) is 0 Å². The summed E-state index contributed by atoms with van der Waals surface area (Å²) in [6, 6.07) is 0. The summed E-state index contributed by atoms with van der Waals surface area (Å²) in [6.07, 6.45) is -3.31. The van der Waals surface area contributed by atoms with Crippen LogP contribution in [0.3, 0.4) is 0 Å². The van der Waals surface area contributed by atoms with Crippen LogP contribution in [0.4, 0.5) is 13.2 Å². The number of nitrogens with zero attached hydrogens (tertiary/aromatic N) is 2. The third-order valence-corrected chi connectivity index (χ3v) is 3.00. The molecule has 0 unspecified atom stereocenters. The number of hydrogen-bond donors (Lipinski definition) is 2. The van der Waals surface area contributed by atoms with E-state index in [1.54, 1.807) is 6.20 Å². The van der Waals surface area contributed by atoms with Gasteiger partial charge in [0, 0.05) is 24.2 Å². The van der Waals surface area contributed by atoms with E-state index in [0.717, 1.165) is 9.88 Å². The molecule has 0 aliphatic rings. The van der Waals surface area contributed by atoms with Gasteiger partial charge in [0.05, 0.1) is 18.0 Å². The predicted molar refractivity (Wildman–Crippen MR) is 85.8 cm³/mol. The Labute approximate surface area is 137 Å². The van der Waals surface area contributed by atoms with Gasteiger partial charge in [-0.15, -0.1) is 35.3 Å². The van der Waals surface area contributed by atoms with Crippen LogP contribution in [0.15, 0.2) is 11.2 Å². The molecule has 0 saturated carbocycles. The van der Waals surface area contributed by atoms with Gasteiger partial charge in [-0.3, -0.25) is 0 Å². The monoisotopic (exact) mass is 422 g/mol. The Balaban J connectivity index is 0.00000361. The average Bonchev–Trinajstić information content (AvgIpc) is 2.70. The lowest BCUT2D eigenvalue weighted by Crippen LogP contribution is -2.38. The highest BCUT2D eigenvalue weighted by Crippen LogP contribution is 2.18. The highest BCUT2D eigenvalue weighted by atomic mass is 127. The van der Waals surface area contributed by atoms with Crippen molar-refractivity contribution in [3.05, 3.63) is 16.1 Å². The van der Waals surface area contributed by atoms with Gasteiger partial charge in [0.15, 0.2) is 5.96 Å². The summed E-state index contributed by atoms with van der Waals surface area (Å²) < 4.78 is 36.1. The molecule has 0 amide bonds. The zero-order chi connectivity index (χ0) is 14.3. The lowest BCUT2D eigenvalue weighted by molar-refractivity contribution is -0.132. The molecule has 0 aromatic carbocycles. The fraction of sp³-hybridized carbons (Fsp3) is 0.636. The second-order valence-electron chi connectivity index (χ2n) is 3.83. The summed E-state index contributed by atoms with van der Waals surface area (Å²) in [4.78, 5) is 9.29. The molecule has 0 saturated heterocycles. The molecular weight excluding hydrogens is 404 g/mol. The number of halogens is 4. The van der Waals surface area contributed by atoms with Gasteiger partial charge < -0.3 is 10.6 Å². The number of hydrogen-bond acceptors (Lipinski definition) is 3. The Kier molecular flexibility index (Phi) is 9.10. The number of aryl methyl sites for hydroxylation is 1. The molecule has 1 aromatic heterocycles. The maximum absolute atomic E-state index is 12.0. The molecule has 9 heteroatoms. The van der Waals surface area contributed by atoms with Crippen LogP contribution in [0, 0.1) is 6.92 Å². The van der Waals surface area contributed by atoms with E-state index in [4.69, 9.17) is 0 Å². The van der Waals surface area contributed by atoms with Crippen LogP contribution >= 0.6 is 35.3 Å². The van der Waals surface area contributed by atoms with Crippen molar-refractivity contribution in [2.45, 2.75) is 33.0 Å². The number of aromatic nitrogens is 1. The van der Waals surface area contributed by atoms with Crippen LogP contribution in [-0.2, 0) is 6.54 Å². The molecule has 4 nitrogen and oxygen atoms in total. The van der Waals surface area contributed by atoms with Crippen molar-refractivity contribution in [1.29, 1.82) is 0 Å². The van der Waals surface area contributed by atoms with Crippen molar-refractivity contribution in [2.75, 3.05) is 13.1 Å². The topological polar surface area (TPSA) is 49.3 Å². The normalized spacial score (nSPS) is 11.9. The SMILES string of the molecule is CCNC(=NCc1cnc(C)s1)NCCC(F)(F)F.I. The smallest absolute Gasteiger partial charge is 0.357 e. The first-order valence-corrected chi connectivity index (χ1v) is 6.72. The molecule has 0 aliphatic carbocycles. The number of alkyl halides is 3. The lowest BCUT2D eigenvalue weighted by atomic mass is 10.4. The van der Waals surface area contributed by atoms with Crippen LogP contribution in [0.25, 0.3) is 0 Å². The van der Waals surface area contributed by atoms with E-state index in [-0.39, 0.29) is 30.5 Å². The van der Waals surface area contributed by atoms with Crippen LogP contribution in [0.2, 0.25) is 0 Å². The molecular formula is C11H18F3IN4S. The first kappa shape index (κ1) is 19.4. The average molecular weight is 422 g/mol. The Bertz CT molecular complexity index is 420. The molecule has 0 radical (unpaired) electrons. The van der Waals surface area contributed by atoms with Gasteiger partial charge in [-0.05, 0) is 13.8 Å². The molecule has 2 N–H and O–H groups in total. The Morgan fingerprint density at radius 2 is 2.10 bits per heavy atom. The zero-order valence-electron chi connectivity index (χ0n) is 11.3. The van der Waals surface area contributed by atoms with E-state index in [2.05, 4.69) is 20.6 Å². The zero-order valence-corrected chi connectivity index (χ0v) is 14.4. The van der Waals surface area contributed by atoms with E-state index in [1.165, 1.54) is 11.3 Å². The van der Waals surface area contributed by atoms with Crippen molar-refractivity contribution in [2.24, 2.45) is 4.99 Å². The van der Waals surface area contributed by atoms with E-state index in [0.29, 0.717) is 19.0 Å². The van der Waals surface area contributed by atoms with Gasteiger partial charge in [0.2, 0.25) is 0 Å². The van der Waals surface area contributed by atoms with E-state index in [9.17, 15) is 13.2 Å². The fourth-order valence-electron chi connectivity index (χ4n) is 1.30. The summed E-state index contributed by atoms with van der Waals surface area (Å²) in [6.45, 7) is 4.58. The summed E-state index contributed by atoms with van der Waals surface area (Å²) in [5.41, 5.74) is 0. The minimum atomic E-state index is -4.15. The number of rotatable bonds is 5. The molecule has 1 aromatic rings. The van der Waals surface area contributed by atoms with Gasteiger partial charge in [0.1, 0.15) is 0 Å². The van der Waals surface area contributed by atoms with Crippen LogP contribution < -0.4 is 10.6 Å². The van der Waals surface area contributed by atoms with Crippen molar-refractivity contribution in [1.82, 2.24) is 15.6 Å². The molecule has 0 spiro atoms. The van der Waals surface area contributed by atoms with E-state index in [1.807, 2.05) is 13.8 Å². The molecule has 1 heterocycles. The Morgan fingerprint density at radius 3 is 2.60 bits per heavy atom. The summed E-state index contributed by atoms with van der Waals surface area (Å²) in [5, 5.41) is 6.50. The van der Waals surface area contributed by atoms with Gasteiger partial charge in [-0.1, -0.05) is 0 Å². The second-order valence-corrected chi connectivity index (χ2v) is 5.15. The molecule has 1 rings (SSSR count). The summed E-state index contributed by atoms with van der Waals surface area (Å²) >= 11 is 1.52. The largest absolute Gasteiger partial charge is 0.390 e. The van der Waals surface area contributed by atoms with Crippen LogP contribution in [0.1, 0.15) is 23.2 Å². The van der Waals surface area contributed by atoms with Gasteiger partial charge in [-0.25, -0.2) is 9.98 Å². The number of thiazole rings is 1. The van der Waals surface area contributed by atoms with Crippen molar-refractivity contribution >= 4 is 41.3 Å². The second kappa shape index (κ2) is 9.37. The van der Waals surface area contributed by atoms with Crippen LogP contribution in [0.5, 0.6) is 0 Å². The van der Waals surface area contributed by atoms with Gasteiger partial charge >= 0.3 is 6.18 Å². The third kappa shape index (κ3) is 8.56. The summed E-state index contributed by atoms with van der Waals surface area (Å²) in [5.74, 6) is 0.387. The van der Waals surface area contributed by atoms with Gasteiger partial charge in [-0.2, -0.15) is 13.2 Å². The minimum Gasteiger partial charge on any atom is -0.357 e. The number of aliphatic imine (C=N–C) groups is 1. The predicted octanol–water partition coefficient (Wildman–Crippen LogP) is 3.08. The molecule has 0 fully saturated rings. The summed E-state index contributed by atoms with van der Waals surface area (Å²) in [7, 11) is 0. The minimum absolute atomic E-state index is 0. The van der Waals surface area contributed by atoms with Crippen molar-refractivity contribution in [3.63, 3.8) is 0 Å². The third-order valence-electron chi connectivity index (χ3n) is 2.11. The first-order chi connectivity index (χ1) is 8.90. The van der Waals surface area contributed by atoms with Crippen LogP contribution in [-0.4, -0.2) is 30.2 Å². The molecule has 20 heavy (non-hydrogen) atoms. The molecule has 0 atom stereocenters. The van der Waals surface area contributed by atoms with Gasteiger partial charge in [0.25, 0.3) is 0 Å². The Hall–Kier alpha value is -0.580. The lowest BCUT2D eigenvalue weighted by Gasteiger charge is -2.12. The quantitative estimate of drug-likeness (QED) is 0.436. The van der Waals surface area contributed by atoms with E-state index < -0.39 is 12.6 Å². The highest BCUT2D eigenvalue weighted by molar-refractivity contribution is 14.0. The standard InChI is InChI=1S/C11H17F3N4S.HI/c1-3-15-10(16-5-4-11(12,13)14)18-7-9-6-17-8(2)19-9;/h6H,3-5,7H2,1-2H3,(H2,15,16,18);1H. The van der Waals surface area contributed by atoms with Crippen molar-refractivity contribution < 1.29 is 13.2 Å².